The van der Waals surface area contributed by atoms with Crippen molar-refractivity contribution in [2.45, 2.75) is 6.92 Å². The first-order valence-corrected chi connectivity index (χ1v) is 8.71. The summed E-state index contributed by atoms with van der Waals surface area (Å²) in [5, 5.41) is 0. The topological polar surface area (TPSA) is 61.8 Å². The molecule has 0 radical (unpaired) electrons. The van der Waals surface area contributed by atoms with Crippen molar-refractivity contribution in [1.29, 1.82) is 0 Å². The molecule has 0 N–H and O–H groups in total. The molecule has 0 bridgehead atoms. The van der Waals surface area contributed by atoms with Gasteiger partial charge in [0.05, 0.1) is 20.8 Å². The van der Waals surface area contributed by atoms with Gasteiger partial charge in [-0.3, -0.25) is 4.79 Å². The maximum Gasteiger partial charge on any atom is 0.342 e. The Morgan fingerprint density at radius 2 is 1.73 bits per heavy atom. The number of carbonyl (C=O) groups excluding carboxylic acids is 2. The lowest BCUT2D eigenvalue weighted by Gasteiger charge is -2.14. The monoisotopic (exact) mass is 418 g/mol. The molecule has 6 heteroatoms. The number of carbonyl (C=O) groups is 2. The van der Waals surface area contributed by atoms with Gasteiger partial charge in [0.2, 0.25) is 0 Å². The first-order chi connectivity index (χ1) is 12.5. The zero-order valence-electron chi connectivity index (χ0n) is 14.7. The highest BCUT2D eigenvalue weighted by molar-refractivity contribution is 9.10. The van der Waals surface area contributed by atoms with Crippen molar-refractivity contribution in [3.63, 3.8) is 0 Å². The van der Waals surface area contributed by atoms with Crippen LogP contribution in [0, 0.1) is 0 Å². The van der Waals surface area contributed by atoms with Crippen molar-refractivity contribution in [2.24, 2.45) is 0 Å². The Bertz CT molecular complexity index is 825. The summed E-state index contributed by atoms with van der Waals surface area (Å²) < 4.78 is 16.6. The molecule has 0 unspecified atom stereocenters. The number of hydrogen-bond acceptors (Lipinski definition) is 5. The van der Waals surface area contributed by atoms with E-state index in [1.165, 1.54) is 20.3 Å². The lowest BCUT2D eigenvalue weighted by atomic mass is 10.0. The van der Waals surface area contributed by atoms with Crippen LogP contribution in [-0.2, 0) is 4.74 Å². The van der Waals surface area contributed by atoms with Crippen LogP contribution in [0.1, 0.15) is 33.2 Å². The minimum Gasteiger partial charge on any atom is -0.493 e. The third kappa shape index (κ3) is 4.52. The average Bonchev–Trinajstić information content (AvgIpc) is 2.65. The second-order valence-corrected chi connectivity index (χ2v) is 6.11. The van der Waals surface area contributed by atoms with Crippen LogP contribution in [0.2, 0.25) is 0 Å². The molecule has 0 spiro atoms. The number of allylic oxidation sites excluding steroid dienone is 1. The predicted octanol–water partition coefficient (Wildman–Crippen LogP) is 4.54. The Labute approximate surface area is 160 Å². The van der Waals surface area contributed by atoms with Gasteiger partial charge >= 0.3 is 5.97 Å². The molecule has 0 aliphatic carbocycles. The van der Waals surface area contributed by atoms with Crippen LogP contribution in [0.25, 0.3) is 6.08 Å². The third-order valence-electron chi connectivity index (χ3n) is 3.60. The van der Waals surface area contributed by atoms with Gasteiger partial charge in [0.25, 0.3) is 0 Å². The molecule has 26 heavy (non-hydrogen) atoms. The Morgan fingerprint density at radius 3 is 2.31 bits per heavy atom. The van der Waals surface area contributed by atoms with E-state index in [0.717, 1.165) is 4.47 Å². The van der Waals surface area contributed by atoms with E-state index >= 15 is 0 Å². The van der Waals surface area contributed by atoms with Gasteiger partial charge in [-0.25, -0.2) is 4.79 Å². The van der Waals surface area contributed by atoms with E-state index in [1.807, 2.05) is 0 Å². The molecule has 0 aromatic heterocycles. The largest absolute Gasteiger partial charge is 0.493 e. The lowest BCUT2D eigenvalue weighted by molar-refractivity contribution is 0.0521. The van der Waals surface area contributed by atoms with Crippen molar-refractivity contribution in [3.05, 3.63) is 63.6 Å². The van der Waals surface area contributed by atoms with E-state index in [0.29, 0.717) is 16.9 Å². The molecule has 5 nitrogen and oxygen atoms in total. The third-order valence-corrected chi connectivity index (χ3v) is 4.13. The van der Waals surface area contributed by atoms with Crippen LogP contribution in [-0.4, -0.2) is 32.6 Å². The van der Waals surface area contributed by atoms with Gasteiger partial charge < -0.3 is 14.2 Å². The summed E-state index contributed by atoms with van der Waals surface area (Å²) in [6.45, 7) is 1.94. The predicted molar refractivity (Wildman–Crippen MR) is 103 cm³/mol. The first kappa shape index (κ1) is 19.7. The molecule has 0 fully saturated rings. The highest BCUT2D eigenvalue weighted by Gasteiger charge is 2.21. The Morgan fingerprint density at radius 1 is 1.04 bits per heavy atom. The summed E-state index contributed by atoms with van der Waals surface area (Å²) in [7, 11) is 2.93. The van der Waals surface area contributed by atoms with Gasteiger partial charge in [0, 0.05) is 10.0 Å². The number of ketones is 1. The van der Waals surface area contributed by atoms with Gasteiger partial charge in [0.1, 0.15) is 5.56 Å². The van der Waals surface area contributed by atoms with Crippen molar-refractivity contribution in [2.75, 3.05) is 20.8 Å². The molecule has 0 saturated carbocycles. The van der Waals surface area contributed by atoms with Crippen LogP contribution in [0.15, 0.2) is 46.9 Å². The molecular weight excluding hydrogens is 400 g/mol. The molecule has 0 saturated heterocycles. The molecule has 2 aromatic rings. The van der Waals surface area contributed by atoms with Crippen molar-refractivity contribution in [3.8, 4) is 11.5 Å². The van der Waals surface area contributed by atoms with E-state index in [9.17, 15) is 9.59 Å². The molecule has 0 heterocycles. The fraction of sp³-hybridized carbons (Fsp3) is 0.200. The van der Waals surface area contributed by atoms with E-state index in [-0.39, 0.29) is 23.7 Å². The number of ether oxygens (including phenoxy) is 3. The maximum atomic E-state index is 12.4. The normalized spacial score (nSPS) is 10.6. The number of halogens is 1. The molecule has 0 aliphatic rings. The Hall–Kier alpha value is -2.60. The summed E-state index contributed by atoms with van der Waals surface area (Å²) in [5.41, 5.74) is 1.27. The fourth-order valence-corrected chi connectivity index (χ4v) is 2.64. The molecule has 0 atom stereocenters. The molecule has 136 valence electrons. The first-order valence-electron chi connectivity index (χ1n) is 7.91. The van der Waals surface area contributed by atoms with Crippen molar-refractivity contribution < 1.29 is 23.8 Å². The molecule has 2 rings (SSSR count). The Kier molecular flexibility index (Phi) is 6.97. The second-order valence-electron chi connectivity index (χ2n) is 5.19. The molecule has 0 amide bonds. The van der Waals surface area contributed by atoms with Crippen molar-refractivity contribution >= 4 is 33.8 Å². The number of hydrogen-bond donors (Lipinski definition) is 0. The average molecular weight is 419 g/mol. The summed E-state index contributed by atoms with van der Waals surface area (Å²) >= 11 is 3.33. The quantitative estimate of drug-likeness (QED) is 0.375. The number of benzene rings is 2. The Balaban J connectivity index is 2.42. The summed E-state index contributed by atoms with van der Waals surface area (Å²) in [6.07, 6.45) is 2.98. The molecular formula is C20H19BrO5. The minimum atomic E-state index is -0.543. The fourth-order valence-electron chi connectivity index (χ4n) is 2.37. The van der Waals surface area contributed by atoms with Gasteiger partial charge in [0.15, 0.2) is 17.3 Å². The summed E-state index contributed by atoms with van der Waals surface area (Å²) in [5.74, 6) is -0.0442. The smallest absolute Gasteiger partial charge is 0.342 e. The number of rotatable bonds is 7. The van der Waals surface area contributed by atoms with Gasteiger partial charge in [-0.15, -0.1) is 0 Å². The van der Waals surface area contributed by atoms with E-state index < -0.39 is 5.97 Å². The molecule has 2 aromatic carbocycles. The van der Waals surface area contributed by atoms with Gasteiger partial charge in [-0.2, -0.15) is 0 Å². The van der Waals surface area contributed by atoms with E-state index in [2.05, 4.69) is 15.9 Å². The van der Waals surface area contributed by atoms with Crippen LogP contribution >= 0.6 is 15.9 Å². The van der Waals surface area contributed by atoms with Crippen LogP contribution < -0.4 is 9.47 Å². The number of methoxy groups -OCH3 is 2. The zero-order valence-corrected chi connectivity index (χ0v) is 16.3. The zero-order chi connectivity index (χ0) is 19.1. The summed E-state index contributed by atoms with van der Waals surface area (Å²) in [6, 6.07) is 10.4. The standard InChI is InChI=1S/C20H19BrO5/c1-4-26-20(23)18-14(8-12-17(24-2)19(18)25-3)7-11-16(22)13-5-9-15(21)10-6-13/h5-12H,4H2,1-3H3/b11-7+. The maximum absolute atomic E-state index is 12.4. The summed E-state index contributed by atoms with van der Waals surface area (Å²) in [4.78, 5) is 24.7. The van der Waals surface area contributed by atoms with E-state index in [1.54, 1.807) is 49.4 Å². The van der Waals surface area contributed by atoms with Crippen LogP contribution in [0.4, 0.5) is 0 Å². The van der Waals surface area contributed by atoms with Crippen LogP contribution in [0.3, 0.4) is 0 Å². The second kappa shape index (κ2) is 9.20. The lowest BCUT2D eigenvalue weighted by Crippen LogP contribution is -2.10. The molecule has 0 aliphatic heterocycles. The van der Waals surface area contributed by atoms with Crippen molar-refractivity contribution in [1.82, 2.24) is 0 Å². The van der Waals surface area contributed by atoms with E-state index in [4.69, 9.17) is 14.2 Å². The number of esters is 1. The van der Waals surface area contributed by atoms with Crippen LogP contribution in [0.5, 0.6) is 11.5 Å². The van der Waals surface area contributed by atoms with Gasteiger partial charge in [-0.05, 0) is 48.9 Å². The highest BCUT2D eigenvalue weighted by atomic mass is 79.9. The van der Waals surface area contributed by atoms with Gasteiger partial charge in [-0.1, -0.05) is 28.1 Å². The highest BCUT2D eigenvalue weighted by Crippen LogP contribution is 2.34. The SMILES string of the molecule is CCOC(=O)c1c(/C=C/C(=O)c2ccc(Br)cc2)ccc(OC)c1OC. The minimum absolute atomic E-state index is 0.179.